The molecule has 0 saturated heterocycles. The Morgan fingerprint density at radius 3 is 2.44 bits per heavy atom. The molecular weight excluding hydrogens is 405 g/mol. The van der Waals surface area contributed by atoms with E-state index in [0.29, 0.717) is 18.7 Å². The third-order valence-corrected chi connectivity index (χ3v) is 5.89. The second kappa shape index (κ2) is 8.61. The van der Waals surface area contributed by atoms with Crippen molar-refractivity contribution in [1.82, 2.24) is 14.4 Å². The number of carbonyl (C=O) groups excluding carboxylic acids is 2. The fourth-order valence-electron chi connectivity index (χ4n) is 4.26. The minimum absolute atomic E-state index is 0.0518. The highest BCUT2D eigenvalue weighted by molar-refractivity contribution is 5.97. The first-order valence-corrected chi connectivity index (χ1v) is 10.8. The summed E-state index contributed by atoms with van der Waals surface area (Å²) >= 11 is 0. The summed E-state index contributed by atoms with van der Waals surface area (Å²) in [4.78, 5) is 30.3. The van der Waals surface area contributed by atoms with E-state index in [-0.39, 0.29) is 24.2 Å². The van der Waals surface area contributed by atoms with Gasteiger partial charge in [0.15, 0.2) is 0 Å². The lowest BCUT2D eigenvalue weighted by Gasteiger charge is -2.41. The van der Waals surface area contributed by atoms with Crippen LogP contribution < -0.4 is 0 Å². The molecule has 2 aromatic carbocycles. The molecule has 1 aliphatic rings. The maximum atomic E-state index is 14.0. The van der Waals surface area contributed by atoms with Gasteiger partial charge in [-0.3, -0.25) is 9.59 Å². The number of fused-ring (bicyclic) bond motifs is 1. The van der Waals surface area contributed by atoms with Gasteiger partial charge in [-0.05, 0) is 62.7 Å². The van der Waals surface area contributed by atoms with Crippen molar-refractivity contribution in [1.29, 1.82) is 0 Å². The van der Waals surface area contributed by atoms with E-state index < -0.39 is 11.6 Å². The minimum atomic E-state index is -0.549. The number of rotatable bonds is 4. The highest BCUT2D eigenvalue weighted by Crippen LogP contribution is 2.33. The van der Waals surface area contributed by atoms with Crippen LogP contribution in [0, 0.1) is 5.82 Å². The molecule has 2 amide bonds. The lowest BCUT2D eigenvalue weighted by molar-refractivity contribution is -0.135. The van der Waals surface area contributed by atoms with E-state index in [1.54, 1.807) is 28.0 Å². The Morgan fingerprint density at radius 1 is 1.00 bits per heavy atom. The fourth-order valence-corrected chi connectivity index (χ4v) is 4.26. The zero-order valence-electron chi connectivity index (χ0n) is 18.7. The topological polar surface area (TPSA) is 45.6 Å². The summed E-state index contributed by atoms with van der Waals surface area (Å²) in [6.07, 6.45) is 1.98. The number of benzene rings is 2. The maximum absolute atomic E-state index is 14.0. The van der Waals surface area contributed by atoms with Crippen LogP contribution in [-0.2, 0) is 11.3 Å². The van der Waals surface area contributed by atoms with Gasteiger partial charge in [0.2, 0.25) is 5.91 Å². The SMILES string of the molecule is CC(C)(C)N(CC(=O)N1CCn2cccc2C1c1cccc(F)c1)C(=O)c1ccccc1. The molecule has 3 aromatic rings. The molecule has 0 N–H and O–H groups in total. The van der Waals surface area contributed by atoms with Gasteiger partial charge < -0.3 is 14.4 Å². The van der Waals surface area contributed by atoms with E-state index in [9.17, 15) is 14.0 Å². The molecule has 1 aliphatic heterocycles. The van der Waals surface area contributed by atoms with Gasteiger partial charge in [0.1, 0.15) is 12.4 Å². The van der Waals surface area contributed by atoms with Gasteiger partial charge in [0.25, 0.3) is 5.91 Å². The Kier molecular flexibility index (Phi) is 5.87. The molecule has 32 heavy (non-hydrogen) atoms. The molecule has 0 fully saturated rings. The molecule has 1 unspecified atom stereocenters. The normalized spacial score (nSPS) is 15.9. The van der Waals surface area contributed by atoms with Gasteiger partial charge >= 0.3 is 0 Å². The van der Waals surface area contributed by atoms with Crippen LogP contribution in [0.25, 0.3) is 0 Å². The number of hydrogen-bond acceptors (Lipinski definition) is 2. The molecule has 1 atom stereocenters. The summed E-state index contributed by atoms with van der Waals surface area (Å²) in [5.41, 5.74) is 1.65. The average molecular weight is 434 g/mol. The second-order valence-corrected chi connectivity index (χ2v) is 9.10. The van der Waals surface area contributed by atoms with Crippen LogP contribution in [0.5, 0.6) is 0 Å². The second-order valence-electron chi connectivity index (χ2n) is 9.10. The van der Waals surface area contributed by atoms with Gasteiger partial charge in [0.05, 0.1) is 6.04 Å². The van der Waals surface area contributed by atoms with Crippen LogP contribution in [0.4, 0.5) is 4.39 Å². The molecule has 5 nitrogen and oxygen atoms in total. The van der Waals surface area contributed by atoms with Gasteiger partial charge in [-0.1, -0.05) is 30.3 Å². The smallest absolute Gasteiger partial charge is 0.254 e. The van der Waals surface area contributed by atoms with E-state index in [2.05, 4.69) is 4.57 Å². The number of halogens is 1. The van der Waals surface area contributed by atoms with E-state index in [4.69, 9.17) is 0 Å². The third-order valence-electron chi connectivity index (χ3n) is 5.89. The summed E-state index contributed by atoms with van der Waals surface area (Å²) in [6, 6.07) is 18.9. The van der Waals surface area contributed by atoms with E-state index in [1.165, 1.54) is 12.1 Å². The number of aromatic nitrogens is 1. The lowest BCUT2D eigenvalue weighted by Crippen LogP contribution is -2.53. The van der Waals surface area contributed by atoms with Gasteiger partial charge in [0, 0.05) is 36.1 Å². The van der Waals surface area contributed by atoms with Crippen molar-refractivity contribution in [2.24, 2.45) is 0 Å². The van der Waals surface area contributed by atoms with Crippen molar-refractivity contribution in [3.05, 3.63) is 95.6 Å². The highest BCUT2D eigenvalue weighted by atomic mass is 19.1. The molecule has 0 bridgehead atoms. The molecule has 0 aliphatic carbocycles. The molecule has 1 aromatic heterocycles. The molecule has 2 heterocycles. The maximum Gasteiger partial charge on any atom is 0.254 e. The highest BCUT2D eigenvalue weighted by Gasteiger charge is 2.36. The zero-order chi connectivity index (χ0) is 22.9. The van der Waals surface area contributed by atoms with Crippen molar-refractivity contribution in [2.45, 2.75) is 38.9 Å². The summed E-state index contributed by atoms with van der Waals surface area (Å²) in [6.45, 7) is 6.86. The van der Waals surface area contributed by atoms with E-state index >= 15 is 0 Å². The predicted molar refractivity (Wildman–Crippen MR) is 122 cm³/mol. The number of nitrogens with zero attached hydrogens (tertiary/aromatic N) is 3. The van der Waals surface area contributed by atoms with Crippen molar-refractivity contribution in [2.75, 3.05) is 13.1 Å². The van der Waals surface area contributed by atoms with Crippen molar-refractivity contribution in [3.8, 4) is 0 Å². The Morgan fingerprint density at radius 2 is 1.75 bits per heavy atom. The molecule has 166 valence electrons. The minimum Gasteiger partial charge on any atom is -0.348 e. The molecule has 0 saturated carbocycles. The first kappa shape index (κ1) is 21.8. The first-order chi connectivity index (χ1) is 15.3. The van der Waals surface area contributed by atoms with Crippen molar-refractivity contribution < 1.29 is 14.0 Å². The lowest BCUT2D eigenvalue weighted by atomic mass is 9.99. The molecule has 6 heteroatoms. The molecular formula is C26H28FN3O2. The quantitative estimate of drug-likeness (QED) is 0.608. The summed E-state index contributed by atoms with van der Waals surface area (Å²) < 4.78 is 16.1. The Labute approximate surface area is 188 Å². The summed E-state index contributed by atoms with van der Waals surface area (Å²) in [5, 5.41) is 0. The standard InChI is InChI=1S/C26H28FN3O2/c1-26(2,3)30(25(32)19-9-5-4-6-10-19)18-23(31)29-16-15-28-14-8-13-22(28)24(29)20-11-7-12-21(27)17-20/h4-14,17,24H,15-16,18H2,1-3H3. The van der Waals surface area contributed by atoms with Crippen LogP contribution in [-0.4, -0.2) is 44.8 Å². The van der Waals surface area contributed by atoms with Crippen molar-refractivity contribution in [3.63, 3.8) is 0 Å². The van der Waals surface area contributed by atoms with E-state index in [1.807, 2.05) is 63.4 Å². The van der Waals surface area contributed by atoms with Crippen LogP contribution in [0.2, 0.25) is 0 Å². The first-order valence-electron chi connectivity index (χ1n) is 10.8. The monoisotopic (exact) mass is 433 g/mol. The Hall–Kier alpha value is -3.41. The Balaban J connectivity index is 1.66. The number of carbonyl (C=O) groups is 2. The van der Waals surface area contributed by atoms with Crippen LogP contribution in [0.15, 0.2) is 72.9 Å². The van der Waals surface area contributed by atoms with Gasteiger partial charge in [-0.25, -0.2) is 4.39 Å². The zero-order valence-corrected chi connectivity index (χ0v) is 18.7. The third kappa shape index (κ3) is 4.31. The average Bonchev–Trinajstić information content (AvgIpc) is 3.25. The van der Waals surface area contributed by atoms with E-state index in [0.717, 1.165) is 11.3 Å². The van der Waals surface area contributed by atoms with Crippen molar-refractivity contribution >= 4 is 11.8 Å². The number of hydrogen-bond donors (Lipinski definition) is 0. The van der Waals surface area contributed by atoms with Gasteiger partial charge in [-0.2, -0.15) is 0 Å². The molecule has 0 spiro atoms. The van der Waals surface area contributed by atoms with Crippen LogP contribution in [0.1, 0.15) is 48.4 Å². The predicted octanol–water partition coefficient (Wildman–Crippen LogP) is 4.50. The van der Waals surface area contributed by atoms with Gasteiger partial charge in [-0.15, -0.1) is 0 Å². The van der Waals surface area contributed by atoms with Crippen LogP contribution in [0.3, 0.4) is 0 Å². The summed E-state index contributed by atoms with van der Waals surface area (Å²) in [5.74, 6) is -0.686. The molecule has 4 rings (SSSR count). The molecule has 0 radical (unpaired) electrons. The summed E-state index contributed by atoms with van der Waals surface area (Å²) in [7, 11) is 0. The fraction of sp³-hybridized carbons (Fsp3) is 0.308. The largest absolute Gasteiger partial charge is 0.348 e. The van der Waals surface area contributed by atoms with Crippen LogP contribution >= 0.6 is 0 Å². The Bertz CT molecular complexity index is 1120. The number of amides is 2.